The average molecular weight is 308 g/mol. The molecule has 8 nitrogen and oxygen atoms in total. The number of anilines is 1. The molecule has 2 rings (SSSR count). The molecule has 0 saturated carbocycles. The smallest absolute Gasteiger partial charge is 0.246 e. The largest absolute Gasteiger partial charge is 0.381 e. The lowest BCUT2D eigenvalue weighted by Crippen LogP contribution is -2.40. The molecule has 1 aromatic heterocycles. The maximum atomic E-state index is 12.1. The van der Waals surface area contributed by atoms with Crippen molar-refractivity contribution in [3.8, 4) is 0 Å². The van der Waals surface area contributed by atoms with E-state index in [-0.39, 0.29) is 41.1 Å². The second-order valence-corrected chi connectivity index (χ2v) is 8.59. The zero-order valence-corrected chi connectivity index (χ0v) is 12.0. The third-order valence-electron chi connectivity index (χ3n) is 2.99. The lowest BCUT2D eigenvalue weighted by atomic mass is 10.2. The van der Waals surface area contributed by atoms with Crippen molar-refractivity contribution in [1.29, 1.82) is 0 Å². The first kappa shape index (κ1) is 14.3. The van der Waals surface area contributed by atoms with Crippen LogP contribution in [0.15, 0.2) is 11.1 Å². The van der Waals surface area contributed by atoms with E-state index in [1.807, 2.05) is 0 Å². The first-order valence-electron chi connectivity index (χ1n) is 5.71. The van der Waals surface area contributed by atoms with E-state index in [2.05, 4.69) is 9.82 Å². The summed E-state index contributed by atoms with van der Waals surface area (Å²) in [6.45, 7) is 0. The SMILES string of the molecule is Cn1cc(S(=O)(=O)NC2CCS(=O)(=O)CC2)c(N)n1. The molecule has 1 fully saturated rings. The fourth-order valence-corrected chi connectivity index (χ4v) is 4.88. The van der Waals surface area contributed by atoms with Gasteiger partial charge in [0.05, 0.1) is 11.5 Å². The van der Waals surface area contributed by atoms with Crippen molar-refractivity contribution in [2.24, 2.45) is 7.05 Å². The number of sulfonamides is 1. The standard InChI is InChI=1S/C9H16N4O4S2/c1-13-6-8(9(10)11-13)19(16,17)12-7-2-4-18(14,15)5-3-7/h6-7,12H,2-5H2,1H3,(H2,10,11). The maximum absolute atomic E-state index is 12.1. The molecule has 1 aromatic rings. The van der Waals surface area contributed by atoms with Gasteiger partial charge in [-0.1, -0.05) is 0 Å². The Balaban J connectivity index is 2.13. The molecule has 19 heavy (non-hydrogen) atoms. The van der Waals surface area contributed by atoms with Crippen LogP contribution in [0, 0.1) is 0 Å². The Morgan fingerprint density at radius 1 is 1.42 bits per heavy atom. The number of aromatic nitrogens is 2. The van der Waals surface area contributed by atoms with Crippen LogP contribution in [0.2, 0.25) is 0 Å². The van der Waals surface area contributed by atoms with Crippen LogP contribution in [0.25, 0.3) is 0 Å². The Morgan fingerprint density at radius 3 is 2.47 bits per heavy atom. The minimum absolute atomic E-state index is 0.00269. The normalized spacial score (nSPS) is 20.5. The molecule has 0 spiro atoms. The summed E-state index contributed by atoms with van der Waals surface area (Å²) in [5, 5.41) is 3.77. The van der Waals surface area contributed by atoms with E-state index >= 15 is 0 Å². The number of sulfone groups is 1. The van der Waals surface area contributed by atoms with Gasteiger partial charge in [0.15, 0.2) is 5.82 Å². The van der Waals surface area contributed by atoms with Gasteiger partial charge in [0.1, 0.15) is 14.7 Å². The van der Waals surface area contributed by atoms with Crippen LogP contribution >= 0.6 is 0 Å². The van der Waals surface area contributed by atoms with Gasteiger partial charge in [0, 0.05) is 19.3 Å². The fraction of sp³-hybridized carbons (Fsp3) is 0.667. The zero-order chi connectivity index (χ0) is 14.3. The predicted octanol–water partition coefficient (Wildman–Crippen LogP) is -1.14. The van der Waals surface area contributed by atoms with Gasteiger partial charge in [-0.05, 0) is 12.8 Å². The molecule has 10 heteroatoms. The van der Waals surface area contributed by atoms with Crippen LogP contribution in [0.1, 0.15) is 12.8 Å². The lowest BCUT2D eigenvalue weighted by molar-refractivity contribution is 0.505. The molecule has 0 aromatic carbocycles. The molecule has 1 aliphatic rings. The van der Waals surface area contributed by atoms with E-state index in [0.29, 0.717) is 0 Å². The first-order valence-corrected chi connectivity index (χ1v) is 9.02. The Bertz CT molecular complexity index is 663. The van der Waals surface area contributed by atoms with Crippen molar-refractivity contribution >= 4 is 25.7 Å². The summed E-state index contributed by atoms with van der Waals surface area (Å²) >= 11 is 0. The Hall–Kier alpha value is -1.13. The molecule has 3 N–H and O–H groups in total. The van der Waals surface area contributed by atoms with Crippen LogP contribution in [0.4, 0.5) is 5.82 Å². The third kappa shape index (κ3) is 3.25. The third-order valence-corrected chi connectivity index (χ3v) is 6.24. The molecule has 108 valence electrons. The predicted molar refractivity (Wildman–Crippen MR) is 69.6 cm³/mol. The Kier molecular flexibility index (Phi) is 3.58. The molecule has 0 aliphatic carbocycles. The van der Waals surface area contributed by atoms with Gasteiger partial charge in [0.25, 0.3) is 0 Å². The second-order valence-electron chi connectivity index (χ2n) is 4.60. The van der Waals surface area contributed by atoms with Crippen molar-refractivity contribution in [2.75, 3.05) is 17.2 Å². The van der Waals surface area contributed by atoms with E-state index in [9.17, 15) is 16.8 Å². The number of nitrogens with one attached hydrogen (secondary N) is 1. The second kappa shape index (κ2) is 4.76. The number of hydrogen-bond acceptors (Lipinski definition) is 6. The van der Waals surface area contributed by atoms with Gasteiger partial charge in [0.2, 0.25) is 10.0 Å². The van der Waals surface area contributed by atoms with E-state index < -0.39 is 19.9 Å². The highest BCUT2D eigenvalue weighted by atomic mass is 32.2. The highest BCUT2D eigenvalue weighted by Gasteiger charge is 2.29. The molecule has 1 aliphatic heterocycles. The van der Waals surface area contributed by atoms with Crippen molar-refractivity contribution < 1.29 is 16.8 Å². The summed E-state index contributed by atoms with van der Waals surface area (Å²) in [4.78, 5) is -0.0802. The summed E-state index contributed by atoms with van der Waals surface area (Å²) in [7, 11) is -5.20. The van der Waals surface area contributed by atoms with Crippen molar-refractivity contribution in [1.82, 2.24) is 14.5 Å². The molecular formula is C9H16N4O4S2. The zero-order valence-electron chi connectivity index (χ0n) is 10.4. The molecule has 2 heterocycles. The van der Waals surface area contributed by atoms with Crippen LogP contribution in [-0.4, -0.2) is 44.2 Å². The highest BCUT2D eigenvalue weighted by Crippen LogP contribution is 2.19. The first-order chi connectivity index (χ1) is 8.70. The molecule has 0 radical (unpaired) electrons. The molecular weight excluding hydrogens is 292 g/mol. The van der Waals surface area contributed by atoms with Gasteiger partial charge in [-0.2, -0.15) is 5.10 Å². The van der Waals surface area contributed by atoms with Gasteiger partial charge in [-0.25, -0.2) is 21.6 Å². The van der Waals surface area contributed by atoms with Gasteiger partial charge in [-0.15, -0.1) is 0 Å². The summed E-state index contributed by atoms with van der Waals surface area (Å²) in [6.07, 6.45) is 1.88. The van der Waals surface area contributed by atoms with Crippen LogP contribution in [0.3, 0.4) is 0 Å². The molecule has 0 unspecified atom stereocenters. The van der Waals surface area contributed by atoms with E-state index in [1.165, 1.54) is 10.9 Å². The van der Waals surface area contributed by atoms with E-state index in [1.54, 1.807) is 7.05 Å². The Labute approximate surface area is 111 Å². The van der Waals surface area contributed by atoms with Crippen LogP contribution in [0.5, 0.6) is 0 Å². The maximum Gasteiger partial charge on any atom is 0.246 e. The summed E-state index contributed by atoms with van der Waals surface area (Å²) in [5.41, 5.74) is 5.53. The average Bonchev–Trinajstić information content (AvgIpc) is 2.62. The van der Waals surface area contributed by atoms with Crippen molar-refractivity contribution in [3.63, 3.8) is 0 Å². The monoisotopic (exact) mass is 308 g/mol. The summed E-state index contributed by atoms with van der Waals surface area (Å²) < 4.78 is 50.6. The van der Waals surface area contributed by atoms with Crippen molar-refractivity contribution in [2.45, 2.75) is 23.8 Å². The van der Waals surface area contributed by atoms with Gasteiger partial charge >= 0.3 is 0 Å². The van der Waals surface area contributed by atoms with Gasteiger partial charge in [-0.3, -0.25) is 4.68 Å². The number of nitrogens with zero attached hydrogens (tertiary/aromatic N) is 2. The minimum Gasteiger partial charge on any atom is -0.381 e. The van der Waals surface area contributed by atoms with Crippen LogP contribution < -0.4 is 10.5 Å². The number of hydrogen-bond donors (Lipinski definition) is 2. The lowest BCUT2D eigenvalue weighted by Gasteiger charge is -2.22. The van der Waals surface area contributed by atoms with E-state index in [0.717, 1.165) is 0 Å². The number of aryl methyl sites for hydroxylation is 1. The fourth-order valence-electron chi connectivity index (χ4n) is 1.98. The summed E-state index contributed by atoms with van der Waals surface area (Å²) in [6, 6.07) is -0.381. The van der Waals surface area contributed by atoms with E-state index in [4.69, 9.17) is 5.73 Å². The number of nitrogens with two attached hydrogens (primary N) is 1. The number of nitrogen functional groups attached to an aromatic ring is 1. The molecule has 0 atom stereocenters. The van der Waals surface area contributed by atoms with Crippen molar-refractivity contribution in [3.05, 3.63) is 6.20 Å². The number of rotatable bonds is 3. The van der Waals surface area contributed by atoms with Crippen LogP contribution in [-0.2, 0) is 26.9 Å². The molecule has 0 bridgehead atoms. The topological polar surface area (TPSA) is 124 Å². The Morgan fingerprint density at radius 2 is 2.00 bits per heavy atom. The quantitative estimate of drug-likeness (QED) is 0.727. The minimum atomic E-state index is -3.76. The molecule has 1 saturated heterocycles. The summed E-state index contributed by atoms with van der Waals surface area (Å²) in [5.74, 6) is -0.0655. The highest BCUT2D eigenvalue weighted by molar-refractivity contribution is 7.91. The van der Waals surface area contributed by atoms with Gasteiger partial charge < -0.3 is 5.73 Å². The molecule has 0 amide bonds.